The molecular weight excluding hydrogens is 322 g/mol. The number of rotatable bonds is 7. The molecule has 1 amide bonds. The zero-order valence-electron chi connectivity index (χ0n) is 13.9. The number of carbonyl (C=O) groups excluding carboxylic acids is 1. The summed E-state index contributed by atoms with van der Waals surface area (Å²) in [5.74, 6) is 1.10. The molecular formula is C18H17N3O4. The van der Waals surface area contributed by atoms with Gasteiger partial charge in [-0.2, -0.15) is 10.4 Å². The van der Waals surface area contributed by atoms with Crippen LogP contribution < -0.4 is 19.6 Å². The van der Waals surface area contributed by atoms with Crippen molar-refractivity contribution in [3.8, 4) is 23.3 Å². The number of methoxy groups -OCH3 is 2. The van der Waals surface area contributed by atoms with Gasteiger partial charge in [0.05, 0.1) is 20.4 Å². The van der Waals surface area contributed by atoms with Crippen molar-refractivity contribution >= 4 is 12.1 Å². The van der Waals surface area contributed by atoms with Gasteiger partial charge in [0.25, 0.3) is 5.91 Å². The Balaban J connectivity index is 2.07. The monoisotopic (exact) mass is 339 g/mol. The summed E-state index contributed by atoms with van der Waals surface area (Å²) >= 11 is 0. The summed E-state index contributed by atoms with van der Waals surface area (Å²) in [6.45, 7) is -0.0666. The molecule has 0 aromatic heterocycles. The normalized spacial score (nSPS) is 10.1. The quantitative estimate of drug-likeness (QED) is 0.617. The Labute approximate surface area is 145 Å². The number of nitrogens with one attached hydrogen (secondary N) is 1. The fourth-order valence-corrected chi connectivity index (χ4v) is 2.03. The number of para-hydroxylation sites is 1. The van der Waals surface area contributed by atoms with Gasteiger partial charge in [-0.05, 0) is 30.3 Å². The van der Waals surface area contributed by atoms with Crippen molar-refractivity contribution in [2.24, 2.45) is 5.10 Å². The van der Waals surface area contributed by atoms with Gasteiger partial charge >= 0.3 is 0 Å². The molecule has 2 rings (SSSR count). The highest BCUT2D eigenvalue weighted by molar-refractivity contribution is 5.95. The Kier molecular flexibility index (Phi) is 6.37. The SMILES string of the molecule is COc1ccc(C(=O)NN=Cc2ccccc2OCC#N)cc1OC. The summed E-state index contributed by atoms with van der Waals surface area (Å²) in [4.78, 5) is 12.2. The Morgan fingerprint density at radius 3 is 2.64 bits per heavy atom. The summed E-state index contributed by atoms with van der Waals surface area (Å²) in [5.41, 5.74) is 3.46. The first-order valence-electron chi connectivity index (χ1n) is 7.33. The van der Waals surface area contributed by atoms with E-state index < -0.39 is 5.91 Å². The van der Waals surface area contributed by atoms with Crippen molar-refractivity contribution in [2.75, 3.05) is 20.8 Å². The molecule has 7 heteroatoms. The van der Waals surface area contributed by atoms with E-state index in [1.54, 1.807) is 42.5 Å². The number of hydrogen-bond donors (Lipinski definition) is 1. The number of hydrazone groups is 1. The fraction of sp³-hybridized carbons (Fsp3) is 0.167. The number of amides is 1. The van der Waals surface area contributed by atoms with Crippen LogP contribution >= 0.6 is 0 Å². The lowest BCUT2D eigenvalue weighted by Gasteiger charge is -2.08. The second kappa shape index (κ2) is 8.93. The third-order valence-electron chi connectivity index (χ3n) is 3.23. The summed E-state index contributed by atoms with van der Waals surface area (Å²) in [5, 5.41) is 12.5. The molecule has 2 aromatic rings. The van der Waals surface area contributed by atoms with E-state index in [0.29, 0.717) is 28.4 Å². The second-order valence-corrected chi connectivity index (χ2v) is 4.75. The number of nitrogens with zero attached hydrogens (tertiary/aromatic N) is 2. The van der Waals surface area contributed by atoms with Gasteiger partial charge in [-0.3, -0.25) is 4.79 Å². The molecule has 7 nitrogen and oxygen atoms in total. The van der Waals surface area contributed by atoms with Gasteiger partial charge in [-0.1, -0.05) is 12.1 Å². The molecule has 0 aliphatic heterocycles. The van der Waals surface area contributed by atoms with Gasteiger partial charge in [0.15, 0.2) is 18.1 Å². The lowest BCUT2D eigenvalue weighted by atomic mass is 10.2. The summed E-state index contributed by atoms with van der Waals surface area (Å²) in [6, 6.07) is 13.8. The van der Waals surface area contributed by atoms with Crippen LogP contribution in [0.4, 0.5) is 0 Å². The molecule has 0 unspecified atom stereocenters. The summed E-state index contributed by atoms with van der Waals surface area (Å²) in [7, 11) is 3.02. The zero-order valence-corrected chi connectivity index (χ0v) is 13.9. The minimum absolute atomic E-state index is 0.0666. The highest BCUT2D eigenvalue weighted by atomic mass is 16.5. The van der Waals surface area contributed by atoms with Crippen LogP contribution in [0.25, 0.3) is 0 Å². The first-order valence-corrected chi connectivity index (χ1v) is 7.33. The Morgan fingerprint density at radius 1 is 1.16 bits per heavy atom. The van der Waals surface area contributed by atoms with Crippen LogP contribution in [0.3, 0.4) is 0 Å². The Hall–Kier alpha value is -3.53. The Bertz CT molecular complexity index is 812. The van der Waals surface area contributed by atoms with E-state index in [1.165, 1.54) is 20.4 Å². The topological polar surface area (TPSA) is 92.9 Å². The largest absolute Gasteiger partial charge is 0.493 e. The van der Waals surface area contributed by atoms with Crippen LogP contribution in [0.1, 0.15) is 15.9 Å². The maximum absolute atomic E-state index is 12.2. The maximum Gasteiger partial charge on any atom is 0.271 e. The van der Waals surface area contributed by atoms with Gasteiger partial charge in [-0.25, -0.2) is 5.43 Å². The van der Waals surface area contributed by atoms with E-state index in [9.17, 15) is 4.79 Å². The van der Waals surface area contributed by atoms with E-state index in [1.807, 2.05) is 6.07 Å². The first-order chi connectivity index (χ1) is 12.2. The van der Waals surface area contributed by atoms with Gasteiger partial charge in [0.2, 0.25) is 0 Å². The average molecular weight is 339 g/mol. The van der Waals surface area contributed by atoms with Crippen LogP contribution in [0.2, 0.25) is 0 Å². The molecule has 1 N–H and O–H groups in total. The molecule has 0 aliphatic rings. The molecule has 0 fully saturated rings. The molecule has 0 spiro atoms. The van der Waals surface area contributed by atoms with Crippen LogP contribution in [0, 0.1) is 11.3 Å². The summed E-state index contributed by atoms with van der Waals surface area (Å²) in [6.07, 6.45) is 1.45. The molecule has 128 valence electrons. The Morgan fingerprint density at radius 2 is 1.92 bits per heavy atom. The van der Waals surface area contributed by atoms with Crippen molar-refractivity contribution in [3.05, 3.63) is 53.6 Å². The van der Waals surface area contributed by atoms with Crippen LogP contribution in [-0.2, 0) is 0 Å². The molecule has 25 heavy (non-hydrogen) atoms. The fourth-order valence-electron chi connectivity index (χ4n) is 2.03. The molecule has 0 aliphatic carbocycles. The van der Waals surface area contributed by atoms with Crippen molar-refractivity contribution in [1.29, 1.82) is 5.26 Å². The van der Waals surface area contributed by atoms with E-state index in [2.05, 4.69) is 10.5 Å². The number of hydrogen-bond acceptors (Lipinski definition) is 6. The van der Waals surface area contributed by atoms with Crippen molar-refractivity contribution in [3.63, 3.8) is 0 Å². The maximum atomic E-state index is 12.2. The molecule has 0 radical (unpaired) electrons. The highest BCUT2D eigenvalue weighted by Crippen LogP contribution is 2.27. The van der Waals surface area contributed by atoms with Crippen molar-refractivity contribution in [1.82, 2.24) is 5.43 Å². The second-order valence-electron chi connectivity index (χ2n) is 4.75. The van der Waals surface area contributed by atoms with Gasteiger partial charge in [-0.15, -0.1) is 0 Å². The number of ether oxygens (including phenoxy) is 3. The predicted octanol–water partition coefficient (Wildman–Crippen LogP) is 2.37. The highest BCUT2D eigenvalue weighted by Gasteiger charge is 2.10. The molecule has 0 heterocycles. The minimum Gasteiger partial charge on any atom is -0.493 e. The van der Waals surface area contributed by atoms with E-state index >= 15 is 0 Å². The zero-order chi connectivity index (χ0) is 18.1. The first kappa shape index (κ1) is 17.8. The van der Waals surface area contributed by atoms with Gasteiger partial charge in [0, 0.05) is 11.1 Å². The summed E-state index contributed by atoms with van der Waals surface area (Å²) < 4.78 is 15.6. The molecule has 0 bridgehead atoms. The third-order valence-corrected chi connectivity index (χ3v) is 3.23. The van der Waals surface area contributed by atoms with Gasteiger partial charge < -0.3 is 14.2 Å². The van der Waals surface area contributed by atoms with Crippen molar-refractivity contribution in [2.45, 2.75) is 0 Å². The van der Waals surface area contributed by atoms with Crippen LogP contribution in [-0.4, -0.2) is 32.9 Å². The smallest absolute Gasteiger partial charge is 0.271 e. The molecule has 0 atom stereocenters. The van der Waals surface area contributed by atoms with Gasteiger partial charge in [0.1, 0.15) is 11.8 Å². The van der Waals surface area contributed by atoms with Crippen LogP contribution in [0.5, 0.6) is 17.2 Å². The number of carbonyl (C=O) groups is 1. The lowest BCUT2D eigenvalue weighted by Crippen LogP contribution is -2.17. The van der Waals surface area contributed by atoms with Crippen LogP contribution in [0.15, 0.2) is 47.6 Å². The van der Waals surface area contributed by atoms with E-state index in [4.69, 9.17) is 19.5 Å². The minimum atomic E-state index is -0.396. The molecule has 0 saturated carbocycles. The molecule has 0 saturated heterocycles. The van der Waals surface area contributed by atoms with E-state index in [0.717, 1.165) is 0 Å². The predicted molar refractivity (Wildman–Crippen MR) is 92.2 cm³/mol. The standard InChI is InChI=1S/C18H17N3O4/c1-23-16-8-7-13(11-17(16)24-2)18(22)21-20-12-14-5-3-4-6-15(14)25-10-9-19/h3-8,11-12H,10H2,1-2H3,(H,21,22). The lowest BCUT2D eigenvalue weighted by molar-refractivity contribution is 0.0954. The number of nitriles is 1. The average Bonchev–Trinajstić information content (AvgIpc) is 2.66. The third kappa shape index (κ3) is 4.72. The number of benzene rings is 2. The van der Waals surface area contributed by atoms with E-state index in [-0.39, 0.29) is 6.61 Å². The van der Waals surface area contributed by atoms with Crippen molar-refractivity contribution < 1.29 is 19.0 Å². The molecule has 2 aromatic carbocycles.